The Labute approximate surface area is 173 Å². The molecule has 0 bridgehead atoms. The van der Waals surface area contributed by atoms with Crippen LogP contribution in [0.15, 0.2) is 41.4 Å². The van der Waals surface area contributed by atoms with Crippen LogP contribution in [0.4, 0.5) is 13.2 Å². The summed E-state index contributed by atoms with van der Waals surface area (Å²) in [5.41, 5.74) is 1.97. The topological polar surface area (TPSA) is 64.1 Å². The molecule has 2 N–H and O–H groups in total. The monoisotopic (exact) mass is 423 g/mol. The fourth-order valence-corrected chi connectivity index (χ4v) is 3.11. The molecule has 9 heteroatoms. The number of guanidine groups is 1. The summed E-state index contributed by atoms with van der Waals surface area (Å²) in [5.74, 6) is 0.926. The Morgan fingerprint density at radius 2 is 2.03 bits per heavy atom. The quantitative estimate of drug-likeness (QED) is 0.502. The number of ether oxygens (including phenoxy) is 3. The molecule has 2 aromatic carbocycles. The van der Waals surface area contributed by atoms with Crippen LogP contribution in [0.2, 0.25) is 0 Å². The molecular weight excluding hydrogens is 399 g/mol. The van der Waals surface area contributed by atoms with E-state index in [0.717, 1.165) is 5.56 Å². The molecule has 1 aliphatic heterocycles. The van der Waals surface area contributed by atoms with Crippen molar-refractivity contribution in [1.29, 1.82) is 0 Å². The first-order chi connectivity index (χ1) is 14.6. The summed E-state index contributed by atoms with van der Waals surface area (Å²) in [7, 11) is 0. The van der Waals surface area contributed by atoms with Crippen LogP contribution >= 0.6 is 0 Å². The molecule has 0 fully saturated rings. The molecule has 1 heterocycles. The Kier molecular flexibility index (Phi) is 7.78. The minimum Gasteiger partial charge on any atom is -0.467 e. The van der Waals surface area contributed by atoms with Gasteiger partial charge in [-0.25, -0.2) is 9.38 Å². The van der Waals surface area contributed by atoms with Gasteiger partial charge in [-0.15, -0.1) is 0 Å². The molecule has 1 aliphatic rings. The van der Waals surface area contributed by atoms with Crippen molar-refractivity contribution in [1.82, 2.24) is 10.6 Å². The maximum atomic E-state index is 13.9. The van der Waals surface area contributed by atoms with Gasteiger partial charge in [-0.1, -0.05) is 18.2 Å². The number of hydrogen-bond acceptors (Lipinski definition) is 4. The zero-order valence-electron chi connectivity index (χ0n) is 16.6. The number of alkyl halides is 2. The van der Waals surface area contributed by atoms with Crippen molar-refractivity contribution in [3.63, 3.8) is 0 Å². The Balaban J connectivity index is 1.64. The standard InChI is InChI=1S/C21H24F3N3O3/c1-2-25-21(27-11-15-5-3-4-6-18(15)30-20(23)24)26-8-7-14-9-17(22)10-16-12-28-13-29-19(14)16/h3-6,9-10,20H,2,7-8,11-13H2,1H3,(H2,25,26,27). The van der Waals surface area contributed by atoms with Crippen LogP contribution in [0, 0.1) is 5.82 Å². The first kappa shape index (κ1) is 21.8. The van der Waals surface area contributed by atoms with Gasteiger partial charge in [0, 0.05) is 24.2 Å². The highest BCUT2D eigenvalue weighted by atomic mass is 19.3. The van der Waals surface area contributed by atoms with Crippen LogP contribution in [-0.4, -0.2) is 32.5 Å². The van der Waals surface area contributed by atoms with E-state index in [4.69, 9.17) is 9.47 Å². The highest BCUT2D eigenvalue weighted by molar-refractivity contribution is 5.79. The number of para-hydroxylation sites is 1. The molecule has 0 aromatic heterocycles. The van der Waals surface area contributed by atoms with E-state index < -0.39 is 6.61 Å². The second-order valence-corrected chi connectivity index (χ2v) is 6.52. The van der Waals surface area contributed by atoms with Gasteiger partial charge in [0.15, 0.2) is 12.8 Å². The molecule has 0 saturated heterocycles. The smallest absolute Gasteiger partial charge is 0.387 e. The van der Waals surface area contributed by atoms with Gasteiger partial charge in [-0.05, 0) is 37.1 Å². The third-order valence-electron chi connectivity index (χ3n) is 4.38. The van der Waals surface area contributed by atoms with Crippen molar-refractivity contribution in [3.05, 3.63) is 58.9 Å². The number of aliphatic imine (C=N–C) groups is 1. The number of rotatable bonds is 8. The number of halogens is 3. The predicted molar refractivity (Wildman–Crippen MR) is 106 cm³/mol. The Bertz CT molecular complexity index is 878. The van der Waals surface area contributed by atoms with Crippen molar-refractivity contribution < 1.29 is 27.4 Å². The van der Waals surface area contributed by atoms with Crippen LogP contribution < -0.4 is 20.1 Å². The zero-order valence-corrected chi connectivity index (χ0v) is 16.6. The third kappa shape index (κ3) is 6.03. The number of hydrogen-bond donors (Lipinski definition) is 2. The summed E-state index contributed by atoms with van der Waals surface area (Å²) >= 11 is 0. The lowest BCUT2D eigenvalue weighted by Gasteiger charge is -2.21. The maximum Gasteiger partial charge on any atom is 0.387 e. The van der Waals surface area contributed by atoms with Gasteiger partial charge in [0.2, 0.25) is 0 Å². The van der Waals surface area contributed by atoms with Crippen molar-refractivity contribution in [2.24, 2.45) is 4.99 Å². The van der Waals surface area contributed by atoms with Crippen LogP contribution in [0.5, 0.6) is 11.5 Å². The fourth-order valence-electron chi connectivity index (χ4n) is 3.11. The second-order valence-electron chi connectivity index (χ2n) is 6.52. The van der Waals surface area contributed by atoms with E-state index in [0.29, 0.717) is 49.0 Å². The largest absolute Gasteiger partial charge is 0.467 e. The number of nitrogens with zero attached hydrogens (tertiary/aromatic N) is 1. The molecule has 6 nitrogen and oxygen atoms in total. The SMILES string of the molecule is CCNC(=NCc1ccccc1OC(F)F)NCCc1cc(F)cc2c1OCOC2. The van der Waals surface area contributed by atoms with Crippen LogP contribution in [-0.2, 0) is 24.3 Å². The molecule has 0 amide bonds. The van der Waals surface area contributed by atoms with E-state index >= 15 is 0 Å². The molecule has 0 saturated carbocycles. The highest BCUT2D eigenvalue weighted by Crippen LogP contribution is 2.29. The predicted octanol–water partition coefficient (Wildman–Crippen LogP) is 3.59. The van der Waals surface area contributed by atoms with E-state index in [1.807, 2.05) is 6.92 Å². The summed E-state index contributed by atoms with van der Waals surface area (Å²) in [6, 6.07) is 9.39. The molecule has 3 rings (SSSR count). The molecule has 0 aliphatic carbocycles. The lowest BCUT2D eigenvalue weighted by molar-refractivity contribution is -0.0504. The summed E-state index contributed by atoms with van der Waals surface area (Å²) in [4.78, 5) is 4.43. The van der Waals surface area contributed by atoms with Gasteiger partial charge < -0.3 is 24.8 Å². The summed E-state index contributed by atoms with van der Waals surface area (Å²) in [6.07, 6.45) is 0.510. The first-order valence-corrected chi connectivity index (χ1v) is 9.63. The van der Waals surface area contributed by atoms with E-state index in [1.165, 1.54) is 18.2 Å². The molecule has 0 radical (unpaired) electrons. The van der Waals surface area contributed by atoms with E-state index in [-0.39, 0.29) is 24.9 Å². The molecule has 0 unspecified atom stereocenters. The highest BCUT2D eigenvalue weighted by Gasteiger charge is 2.17. The summed E-state index contributed by atoms with van der Waals surface area (Å²) in [5, 5.41) is 6.26. The number of benzene rings is 2. The minimum atomic E-state index is -2.90. The van der Waals surface area contributed by atoms with E-state index in [9.17, 15) is 13.2 Å². The number of fused-ring (bicyclic) bond motifs is 1. The van der Waals surface area contributed by atoms with E-state index in [2.05, 4.69) is 20.4 Å². The van der Waals surface area contributed by atoms with Gasteiger partial charge >= 0.3 is 6.61 Å². The molecule has 0 spiro atoms. The van der Waals surface area contributed by atoms with Crippen molar-refractivity contribution in [2.45, 2.75) is 33.1 Å². The second kappa shape index (κ2) is 10.7. The van der Waals surface area contributed by atoms with Gasteiger partial charge in [-0.2, -0.15) is 8.78 Å². The van der Waals surface area contributed by atoms with E-state index in [1.54, 1.807) is 18.2 Å². The molecular formula is C21H24F3N3O3. The molecule has 0 atom stereocenters. The molecule has 162 valence electrons. The van der Waals surface area contributed by atoms with Gasteiger partial charge in [0.05, 0.1) is 13.2 Å². The zero-order chi connectivity index (χ0) is 21.3. The van der Waals surface area contributed by atoms with Crippen LogP contribution in [0.3, 0.4) is 0 Å². The summed E-state index contributed by atoms with van der Waals surface area (Å²) in [6.45, 7) is 0.737. The minimum absolute atomic E-state index is 0.0952. The Morgan fingerprint density at radius 3 is 2.83 bits per heavy atom. The third-order valence-corrected chi connectivity index (χ3v) is 4.38. The van der Waals surface area contributed by atoms with Crippen molar-refractivity contribution >= 4 is 5.96 Å². The van der Waals surface area contributed by atoms with Gasteiger partial charge in [-0.3, -0.25) is 0 Å². The summed E-state index contributed by atoms with van der Waals surface area (Å²) < 4.78 is 54.3. The fraction of sp³-hybridized carbons (Fsp3) is 0.381. The number of nitrogens with one attached hydrogen (secondary N) is 2. The first-order valence-electron chi connectivity index (χ1n) is 9.63. The Hall–Kier alpha value is -2.94. The maximum absolute atomic E-state index is 13.9. The average Bonchev–Trinajstić information content (AvgIpc) is 2.72. The normalized spacial score (nSPS) is 13.6. The molecule has 30 heavy (non-hydrogen) atoms. The van der Waals surface area contributed by atoms with Gasteiger partial charge in [0.1, 0.15) is 17.3 Å². The van der Waals surface area contributed by atoms with Crippen LogP contribution in [0.25, 0.3) is 0 Å². The van der Waals surface area contributed by atoms with Gasteiger partial charge in [0.25, 0.3) is 0 Å². The van der Waals surface area contributed by atoms with Crippen molar-refractivity contribution in [3.8, 4) is 11.5 Å². The Morgan fingerprint density at radius 1 is 1.20 bits per heavy atom. The molecule has 2 aromatic rings. The van der Waals surface area contributed by atoms with Crippen molar-refractivity contribution in [2.75, 3.05) is 19.9 Å². The average molecular weight is 423 g/mol. The lowest BCUT2D eigenvalue weighted by atomic mass is 10.1. The lowest BCUT2D eigenvalue weighted by Crippen LogP contribution is -2.38. The van der Waals surface area contributed by atoms with Crippen LogP contribution in [0.1, 0.15) is 23.6 Å².